The second-order valence-corrected chi connectivity index (χ2v) is 18.3. The van der Waals surface area contributed by atoms with Crippen molar-refractivity contribution in [2.75, 3.05) is 9.80 Å². The third-order valence-electron chi connectivity index (χ3n) is 13.8. The van der Waals surface area contributed by atoms with Crippen LogP contribution in [0.15, 0.2) is 182 Å². The van der Waals surface area contributed by atoms with Crippen LogP contribution in [0.2, 0.25) is 0 Å². The summed E-state index contributed by atoms with van der Waals surface area (Å²) in [5, 5.41) is 5.17. The molecule has 0 aromatic heterocycles. The van der Waals surface area contributed by atoms with E-state index in [-0.39, 0.29) is 16.9 Å². The second kappa shape index (κ2) is 13.4. The van der Waals surface area contributed by atoms with Crippen LogP contribution in [0.1, 0.15) is 68.9 Å². The first-order valence-corrected chi connectivity index (χ1v) is 21.5. The Morgan fingerprint density at radius 1 is 0.467 bits per heavy atom. The molecule has 8 aromatic carbocycles. The van der Waals surface area contributed by atoms with Crippen LogP contribution >= 0.6 is 0 Å². The normalized spacial score (nSPS) is 16.6. The highest BCUT2D eigenvalue weighted by molar-refractivity contribution is 6.13. The van der Waals surface area contributed by atoms with Gasteiger partial charge < -0.3 is 9.80 Å². The zero-order valence-corrected chi connectivity index (χ0v) is 35.4. The lowest BCUT2D eigenvalue weighted by atomic mass is 9.79. The van der Waals surface area contributed by atoms with Crippen molar-refractivity contribution in [3.8, 4) is 22.3 Å². The molecule has 3 aliphatic carbocycles. The Hall–Kier alpha value is -6.64. The Balaban J connectivity index is 1.13. The Kier molecular flexibility index (Phi) is 8.16. The average Bonchev–Trinajstić information content (AvgIpc) is 3.62. The number of fused-ring (bicyclic) bond motifs is 10. The highest BCUT2D eigenvalue weighted by Gasteiger charge is 2.44. The van der Waals surface area contributed by atoms with Crippen LogP contribution in [0, 0.1) is 6.92 Å². The van der Waals surface area contributed by atoms with Gasteiger partial charge in [0.1, 0.15) is 0 Å². The van der Waals surface area contributed by atoms with E-state index in [0.717, 1.165) is 12.1 Å². The van der Waals surface area contributed by atoms with E-state index in [2.05, 4.69) is 227 Å². The molecular weight excluding hydrogens is 725 g/mol. The molecular formula is C58H50N2. The Bertz CT molecular complexity index is 3090. The molecule has 1 atom stereocenters. The number of hydrogen-bond acceptors (Lipinski definition) is 2. The highest BCUT2D eigenvalue weighted by Crippen LogP contribution is 2.60. The van der Waals surface area contributed by atoms with Gasteiger partial charge in [-0.1, -0.05) is 149 Å². The lowest BCUT2D eigenvalue weighted by Gasteiger charge is -2.35. The molecule has 0 radical (unpaired) electrons. The standard InChI is InChI=1S/C58H50N2/c1-37-19-17-25-41(31-37)59(39-21-9-7-10-22-39)53-35-51-55(45-29-15-13-27-43(45)53)47-33-50-48(34-49(47)57(51,3)4)56-46-30-16-14-28-44(46)54(36-52(56)58(50,5)6)60(40-23-11-8-12-24-40)42-26-18-20-38(2)32-42/h7-31,33-36,42H,32H2,1-6H3. The molecule has 1 unspecified atom stereocenters. The van der Waals surface area contributed by atoms with Gasteiger partial charge in [0.2, 0.25) is 0 Å². The van der Waals surface area contributed by atoms with Crippen LogP contribution in [-0.4, -0.2) is 6.04 Å². The molecule has 0 amide bonds. The van der Waals surface area contributed by atoms with Crippen LogP contribution in [0.4, 0.5) is 28.4 Å². The number of hydrogen-bond donors (Lipinski definition) is 0. The fraction of sp³-hybridized carbons (Fsp3) is 0.172. The number of benzene rings is 8. The molecule has 2 nitrogen and oxygen atoms in total. The van der Waals surface area contributed by atoms with E-state index in [1.54, 1.807) is 0 Å². The SMILES string of the molecule is CC1=CC=CC(N(c2ccccc2)c2cc3c(c4ccccc24)-c2cc4c(cc2C3(C)C)-c2c(cc(N(c3ccccc3)c3cccc(C)c3)c3ccccc23)C4(C)C)C1. The van der Waals surface area contributed by atoms with Gasteiger partial charge in [0.15, 0.2) is 0 Å². The van der Waals surface area contributed by atoms with Crippen molar-refractivity contribution in [3.63, 3.8) is 0 Å². The van der Waals surface area contributed by atoms with Crippen molar-refractivity contribution >= 4 is 50.0 Å². The van der Waals surface area contributed by atoms with Gasteiger partial charge in [0.25, 0.3) is 0 Å². The summed E-state index contributed by atoms with van der Waals surface area (Å²) in [6, 6.07) is 59.4. The third-order valence-corrected chi connectivity index (χ3v) is 13.8. The van der Waals surface area contributed by atoms with Gasteiger partial charge >= 0.3 is 0 Å². The largest absolute Gasteiger partial charge is 0.334 e. The molecule has 8 aromatic rings. The summed E-state index contributed by atoms with van der Waals surface area (Å²) in [7, 11) is 0. The van der Waals surface area contributed by atoms with Crippen molar-refractivity contribution in [1.82, 2.24) is 0 Å². The first-order chi connectivity index (χ1) is 29.1. The molecule has 11 rings (SSSR count). The predicted octanol–water partition coefficient (Wildman–Crippen LogP) is 15.8. The van der Waals surface area contributed by atoms with Crippen molar-refractivity contribution in [1.29, 1.82) is 0 Å². The lowest BCUT2D eigenvalue weighted by Crippen LogP contribution is -2.31. The molecule has 0 saturated carbocycles. The van der Waals surface area contributed by atoms with E-state index in [9.17, 15) is 0 Å². The van der Waals surface area contributed by atoms with Gasteiger partial charge in [-0.3, -0.25) is 0 Å². The maximum atomic E-state index is 2.59. The first-order valence-electron chi connectivity index (χ1n) is 21.5. The maximum absolute atomic E-state index is 2.59. The van der Waals surface area contributed by atoms with Gasteiger partial charge in [-0.2, -0.15) is 0 Å². The molecule has 2 heteroatoms. The highest BCUT2D eigenvalue weighted by atomic mass is 15.2. The van der Waals surface area contributed by atoms with Gasteiger partial charge in [0.05, 0.1) is 11.7 Å². The van der Waals surface area contributed by atoms with Crippen LogP contribution in [0.5, 0.6) is 0 Å². The Morgan fingerprint density at radius 2 is 0.967 bits per heavy atom. The second-order valence-electron chi connectivity index (χ2n) is 18.3. The quantitative estimate of drug-likeness (QED) is 0.166. The fourth-order valence-electron chi connectivity index (χ4n) is 10.9. The first kappa shape index (κ1) is 36.4. The molecule has 0 N–H and O–H groups in total. The van der Waals surface area contributed by atoms with Crippen molar-refractivity contribution in [2.24, 2.45) is 0 Å². The topological polar surface area (TPSA) is 6.48 Å². The van der Waals surface area contributed by atoms with Crippen molar-refractivity contribution in [3.05, 3.63) is 209 Å². The summed E-state index contributed by atoms with van der Waals surface area (Å²) < 4.78 is 0. The molecule has 0 saturated heterocycles. The summed E-state index contributed by atoms with van der Waals surface area (Å²) in [5.74, 6) is 0. The lowest BCUT2D eigenvalue weighted by molar-refractivity contribution is 0.652. The Morgan fingerprint density at radius 3 is 1.53 bits per heavy atom. The van der Waals surface area contributed by atoms with Crippen LogP contribution in [-0.2, 0) is 10.8 Å². The molecule has 292 valence electrons. The van der Waals surface area contributed by atoms with Crippen molar-refractivity contribution < 1.29 is 0 Å². The van der Waals surface area contributed by atoms with Crippen LogP contribution < -0.4 is 9.80 Å². The molecule has 0 fully saturated rings. The zero-order valence-electron chi connectivity index (χ0n) is 35.4. The van der Waals surface area contributed by atoms with Gasteiger partial charge in [-0.15, -0.1) is 0 Å². The van der Waals surface area contributed by atoms with Gasteiger partial charge in [0, 0.05) is 44.4 Å². The summed E-state index contributed by atoms with van der Waals surface area (Å²) in [6.45, 7) is 14.2. The summed E-state index contributed by atoms with van der Waals surface area (Å²) >= 11 is 0. The Labute approximate surface area is 354 Å². The number of para-hydroxylation sites is 2. The summed E-state index contributed by atoms with van der Waals surface area (Å²) in [4.78, 5) is 5.05. The number of allylic oxidation sites excluding steroid dienone is 2. The number of anilines is 5. The minimum atomic E-state index is -0.237. The van der Waals surface area contributed by atoms with E-state index >= 15 is 0 Å². The molecule has 0 bridgehead atoms. The number of aryl methyl sites for hydroxylation is 1. The molecule has 60 heavy (non-hydrogen) atoms. The summed E-state index contributed by atoms with van der Waals surface area (Å²) in [6.07, 6.45) is 7.87. The molecule has 0 spiro atoms. The van der Waals surface area contributed by atoms with Crippen LogP contribution in [0.3, 0.4) is 0 Å². The molecule has 0 heterocycles. The van der Waals surface area contributed by atoms with Gasteiger partial charge in [-0.05, 0) is 142 Å². The average molecular weight is 775 g/mol. The van der Waals surface area contributed by atoms with Gasteiger partial charge in [-0.25, -0.2) is 0 Å². The van der Waals surface area contributed by atoms with Crippen LogP contribution in [0.25, 0.3) is 43.8 Å². The van der Waals surface area contributed by atoms with E-state index in [4.69, 9.17) is 0 Å². The third kappa shape index (κ3) is 5.40. The zero-order chi connectivity index (χ0) is 40.9. The van der Waals surface area contributed by atoms with E-state index in [0.29, 0.717) is 0 Å². The minimum Gasteiger partial charge on any atom is -0.334 e. The van der Waals surface area contributed by atoms with E-state index in [1.165, 1.54) is 99.9 Å². The van der Waals surface area contributed by atoms with E-state index < -0.39 is 0 Å². The molecule has 3 aliphatic rings. The monoisotopic (exact) mass is 774 g/mol. The maximum Gasteiger partial charge on any atom is 0.0562 e. The number of nitrogens with zero attached hydrogens (tertiary/aromatic N) is 2. The predicted molar refractivity (Wildman–Crippen MR) is 256 cm³/mol. The minimum absolute atomic E-state index is 0.216. The summed E-state index contributed by atoms with van der Waals surface area (Å²) in [5.41, 5.74) is 19.3. The van der Waals surface area contributed by atoms with E-state index in [1.807, 2.05) is 0 Å². The smallest absolute Gasteiger partial charge is 0.0562 e. The molecule has 0 aliphatic heterocycles. The number of rotatable bonds is 6. The fourth-order valence-corrected chi connectivity index (χ4v) is 10.9. The van der Waals surface area contributed by atoms with Crippen molar-refractivity contribution in [2.45, 2.75) is 64.8 Å².